The molecule has 16 heavy (non-hydrogen) atoms. The summed E-state index contributed by atoms with van der Waals surface area (Å²) in [5.41, 5.74) is 0. The van der Waals surface area contributed by atoms with Gasteiger partial charge in [-0.05, 0) is 33.9 Å². The van der Waals surface area contributed by atoms with E-state index in [1.54, 1.807) is 18.2 Å². The highest BCUT2D eigenvalue weighted by molar-refractivity contribution is 7.89. The molecule has 0 unspecified atom stereocenters. The lowest BCUT2D eigenvalue weighted by Gasteiger charge is -2.27. The monoisotopic (exact) mass is 250 g/mol. The first kappa shape index (κ1) is 15.9. The minimum absolute atomic E-state index is 0.339. The summed E-state index contributed by atoms with van der Waals surface area (Å²) in [5.74, 6) is 0.357. The van der Waals surface area contributed by atoms with Crippen molar-refractivity contribution in [3.8, 4) is 0 Å². The molecule has 0 aromatic heterocycles. The Kier molecular flexibility index (Phi) is 6.51. The summed E-state index contributed by atoms with van der Waals surface area (Å²) in [7, 11) is 0.785. The van der Waals surface area contributed by atoms with Crippen LogP contribution in [0.4, 0.5) is 0 Å². The maximum atomic E-state index is 12.1. The zero-order valence-electron chi connectivity index (χ0n) is 11.4. The molecule has 0 bridgehead atoms. The van der Waals surface area contributed by atoms with E-state index in [0.29, 0.717) is 19.0 Å². The molecule has 0 aromatic rings. The maximum Gasteiger partial charge on any atom is 0.216 e. The number of rotatable bonds is 7. The van der Waals surface area contributed by atoms with Gasteiger partial charge in [-0.15, -0.1) is 0 Å². The first-order valence-electron chi connectivity index (χ1n) is 5.81. The van der Waals surface area contributed by atoms with E-state index in [0.717, 1.165) is 6.54 Å². The van der Waals surface area contributed by atoms with E-state index in [-0.39, 0.29) is 5.25 Å². The molecule has 0 amide bonds. The first-order chi connectivity index (χ1) is 7.17. The minimum atomic E-state index is -3.12. The Balaban J connectivity index is 4.67. The van der Waals surface area contributed by atoms with E-state index in [1.165, 1.54) is 0 Å². The summed E-state index contributed by atoms with van der Waals surface area (Å²) in [5, 5.41) is -0.339. The Morgan fingerprint density at radius 2 is 1.50 bits per heavy atom. The van der Waals surface area contributed by atoms with Gasteiger partial charge in [0, 0.05) is 19.6 Å². The second kappa shape index (κ2) is 6.57. The zero-order chi connectivity index (χ0) is 12.9. The fourth-order valence-electron chi connectivity index (χ4n) is 1.34. The molecule has 0 aromatic carbocycles. The minimum Gasteiger partial charge on any atom is -0.308 e. The van der Waals surface area contributed by atoms with Crippen LogP contribution in [0.15, 0.2) is 0 Å². The molecular weight excluding hydrogens is 224 g/mol. The second-order valence-corrected chi connectivity index (χ2v) is 7.64. The molecule has 0 spiro atoms. The lowest BCUT2D eigenvalue weighted by atomic mass is 10.2. The molecule has 0 saturated carbocycles. The summed E-state index contributed by atoms with van der Waals surface area (Å²) >= 11 is 0. The van der Waals surface area contributed by atoms with Gasteiger partial charge in [-0.25, -0.2) is 12.7 Å². The van der Waals surface area contributed by atoms with Gasteiger partial charge < -0.3 is 4.90 Å². The number of hydrogen-bond acceptors (Lipinski definition) is 3. The first-order valence-corrected chi connectivity index (χ1v) is 7.32. The van der Waals surface area contributed by atoms with Crippen LogP contribution in [0.1, 0.15) is 27.7 Å². The largest absolute Gasteiger partial charge is 0.308 e. The van der Waals surface area contributed by atoms with Crippen LogP contribution in [-0.2, 0) is 10.0 Å². The molecule has 4 nitrogen and oxygen atoms in total. The summed E-state index contributed by atoms with van der Waals surface area (Å²) in [6, 6.07) is 0. The van der Waals surface area contributed by atoms with E-state index in [2.05, 4.69) is 0 Å². The highest BCUT2D eigenvalue weighted by Gasteiger charge is 2.25. The van der Waals surface area contributed by atoms with Crippen LogP contribution >= 0.6 is 0 Å². The molecule has 0 N–H and O–H groups in total. The van der Waals surface area contributed by atoms with Crippen molar-refractivity contribution in [1.29, 1.82) is 0 Å². The van der Waals surface area contributed by atoms with E-state index >= 15 is 0 Å². The van der Waals surface area contributed by atoms with Crippen LogP contribution in [0.5, 0.6) is 0 Å². The van der Waals surface area contributed by atoms with Crippen molar-refractivity contribution in [2.45, 2.75) is 32.9 Å². The van der Waals surface area contributed by atoms with Gasteiger partial charge in [0.2, 0.25) is 10.0 Å². The van der Waals surface area contributed by atoms with E-state index < -0.39 is 10.0 Å². The quantitative estimate of drug-likeness (QED) is 0.683. The van der Waals surface area contributed by atoms with Gasteiger partial charge >= 0.3 is 0 Å². The average Bonchev–Trinajstić information content (AvgIpc) is 2.10. The zero-order valence-corrected chi connectivity index (χ0v) is 12.2. The standard InChI is InChI=1S/C11H26N2O2S/c1-10(2)9-13(8-7-12(5)6)16(14,15)11(3)4/h10-11H,7-9H2,1-6H3. The third kappa shape index (κ3) is 5.27. The molecule has 0 atom stereocenters. The SMILES string of the molecule is CC(C)CN(CCN(C)C)S(=O)(=O)C(C)C. The third-order valence-corrected chi connectivity index (χ3v) is 4.56. The maximum absolute atomic E-state index is 12.1. The number of hydrogen-bond donors (Lipinski definition) is 0. The van der Waals surface area contributed by atoms with Gasteiger partial charge in [0.15, 0.2) is 0 Å². The molecule has 5 heteroatoms. The smallest absolute Gasteiger partial charge is 0.216 e. The highest BCUT2D eigenvalue weighted by atomic mass is 32.2. The van der Waals surface area contributed by atoms with Crippen LogP contribution in [0.25, 0.3) is 0 Å². The highest BCUT2D eigenvalue weighted by Crippen LogP contribution is 2.11. The van der Waals surface area contributed by atoms with Crippen molar-refractivity contribution in [3.63, 3.8) is 0 Å². The molecule has 98 valence electrons. The summed E-state index contributed by atoms with van der Waals surface area (Å²) in [6.07, 6.45) is 0. The second-order valence-electron chi connectivity index (χ2n) is 5.15. The number of likely N-dealkylation sites (N-methyl/N-ethyl adjacent to an activating group) is 1. The molecular formula is C11H26N2O2S. The van der Waals surface area contributed by atoms with Gasteiger partial charge in [-0.3, -0.25) is 0 Å². The lowest BCUT2D eigenvalue weighted by molar-refractivity contribution is 0.311. The molecule has 0 aliphatic rings. The Morgan fingerprint density at radius 3 is 1.81 bits per heavy atom. The van der Waals surface area contributed by atoms with Crippen molar-refractivity contribution in [3.05, 3.63) is 0 Å². The molecule has 0 heterocycles. The fraction of sp³-hybridized carbons (Fsp3) is 1.00. The topological polar surface area (TPSA) is 40.6 Å². The van der Waals surface area contributed by atoms with Gasteiger partial charge in [-0.2, -0.15) is 0 Å². The van der Waals surface area contributed by atoms with Gasteiger partial charge in [-0.1, -0.05) is 13.8 Å². The van der Waals surface area contributed by atoms with E-state index in [1.807, 2.05) is 32.8 Å². The van der Waals surface area contributed by atoms with Crippen LogP contribution in [0, 0.1) is 5.92 Å². The van der Waals surface area contributed by atoms with Crippen molar-refractivity contribution in [2.24, 2.45) is 5.92 Å². The Morgan fingerprint density at radius 1 is 1.00 bits per heavy atom. The molecule has 0 radical (unpaired) electrons. The normalized spacial score (nSPS) is 13.4. The number of sulfonamides is 1. The average molecular weight is 250 g/mol. The van der Waals surface area contributed by atoms with Gasteiger partial charge in [0.05, 0.1) is 5.25 Å². The van der Waals surface area contributed by atoms with Crippen molar-refractivity contribution < 1.29 is 8.42 Å². The summed E-state index contributed by atoms with van der Waals surface area (Å²) < 4.78 is 25.8. The van der Waals surface area contributed by atoms with Crippen LogP contribution in [0.3, 0.4) is 0 Å². The number of nitrogens with zero attached hydrogens (tertiary/aromatic N) is 2. The fourth-order valence-corrected chi connectivity index (χ4v) is 2.78. The molecule has 0 fully saturated rings. The molecule has 0 saturated heterocycles. The third-order valence-electron chi connectivity index (χ3n) is 2.32. The summed E-state index contributed by atoms with van der Waals surface area (Å²) in [4.78, 5) is 2.00. The van der Waals surface area contributed by atoms with Crippen LogP contribution in [-0.4, -0.2) is 56.6 Å². The Bertz CT molecular complexity index is 284. The van der Waals surface area contributed by atoms with E-state index in [9.17, 15) is 8.42 Å². The van der Waals surface area contributed by atoms with Gasteiger partial charge in [0.25, 0.3) is 0 Å². The van der Waals surface area contributed by atoms with Crippen LogP contribution in [0.2, 0.25) is 0 Å². The lowest BCUT2D eigenvalue weighted by Crippen LogP contribution is -2.42. The predicted molar refractivity (Wildman–Crippen MR) is 69.0 cm³/mol. The van der Waals surface area contributed by atoms with Crippen molar-refractivity contribution in [2.75, 3.05) is 33.7 Å². The van der Waals surface area contributed by atoms with Crippen molar-refractivity contribution in [1.82, 2.24) is 9.21 Å². The molecule has 0 aliphatic heterocycles. The van der Waals surface area contributed by atoms with Crippen LogP contribution < -0.4 is 0 Å². The molecule has 0 rings (SSSR count). The Hall–Kier alpha value is -0.130. The summed E-state index contributed by atoms with van der Waals surface area (Å²) in [6.45, 7) is 9.49. The Labute approximate surface area is 101 Å². The van der Waals surface area contributed by atoms with Crippen molar-refractivity contribution >= 4 is 10.0 Å². The van der Waals surface area contributed by atoms with Gasteiger partial charge in [0.1, 0.15) is 0 Å². The van der Waals surface area contributed by atoms with E-state index in [4.69, 9.17) is 0 Å². The molecule has 0 aliphatic carbocycles. The predicted octanol–water partition coefficient (Wildman–Crippen LogP) is 1.24.